The molecular formula is C14H17N3O2. The summed E-state index contributed by atoms with van der Waals surface area (Å²) >= 11 is 0. The lowest BCUT2D eigenvalue weighted by Gasteiger charge is -2.40. The Balaban J connectivity index is 1.83. The van der Waals surface area contributed by atoms with Crippen molar-refractivity contribution in [1.82, 2.24) is 9.97 Å². The second-order valence-electron chi connectivity index (χ2n) is 5.03. The summed E-state index contributed by atoms with van der Waals surface area (Å²) in [7, 11) is 1.73. The molecule has 0 bridgehead atoms. The molecule has 2 N–H and O–H groups in total. The van der Waals surface area contributed by atoms with Gasteiger partial charge in [-0.25, -0.2) is 4.98 Å². The van der Waals surface area contributed by atoms with E-state index in [0.717, 1.165) is 12.8 Å². The molecule has 1 aliphatic carbocycles. The van der Waals surface area contributed by atoms with E-state index in [2.05, 4.69) is 15.3 Å². The molecule has 19 heavy (non-hydrogen) atoms. The molecule has 1 saturated carbocycles. The Morgan fingerprint density at radius 1 is 1.42 bits per heavy atom. The topological polar surface area (TPSA) is 67.0 Å². The molecule has 0 spiro atoms. The van der Waals surface area contributed by atoms with Crippen LogP contribution in [0.25, 0.3) is 10.9 Å². The molecule has 1 heterocycles. The van der Waals surface area contributed by atoms with Crippen LogP contribution in [0.4, 0.5) is 5.95 Å². The van der Waals surface area contributed by atoms with Gasteiger partial charge in [0.1, 0.15) is 0 Å². The fraction of sp³-hybridized carbons (Fsp3) is 0.429. The average Bonchev–Trinajstić information content (AvgIpc) is 2.38. The zero-order valence-corrected chi connectivity index (χ0v) is 10.9. The molecule has 0 unspecified atom stereocenters. The van der Waals surface area contributed by atoms with Crippen molar-refractivity contribution in [3.63, 3.8) is 0 Å². The van der Waals surface area contributed by atoms with Crippen LogP contribution in [0.5, 0.6) is 0 Å². The lowest BCUT2D eigenvalue weighted by atomic mass is 9.80. The van der Waals surface area contributed by atoms with E-state index in [0.29, 0.717) is 23.4 Å². The molecule has 1 aromatic carbocycles. The normalized spacial score (nSPS) is 17.1. The molecule has 5 heteroatoms. The Labute approximate surface area is 111 Å². The van der Waals surface area contributed by atoms with Gasteiger partial charge in [-0.15, -0.1) is 0 Å². The number of anilines is 1. The Hall–Kier alpha value is -1.88. The summed E-state index contributed by atoms with van der Waals surface area (Å²) in [6.45, 7) is 0.671. The van der Waals surface area contributed by atoms with Crippen LogP contribution in [0.15, 0.2) is 29.1 Å². The van der Waals surface area contributed by atoms with Crippen molar-refractivity contribution >= 4 is 16.9 Å². The zero-order chi connectivity index (χ0) is 13.3. The third-order valence-electron chi connectivity index (χ3n) is 3.89. The van der Waals surface area contributed by atoms with Crippen molar-refractivity contribution in [2.45, 2.75) is 24.9 Å². The van der Waals surface area contributed by atoms with Crippen molar-refractivity contribution in [2.75, 3.05) is 19.0 Å². The van der Waals surface area contributed by atoms with Gasteiger partial charge < -0.3 is 10.1 Å². The number of aromatic amines is 1. The predicted octanol–water partition coefficient (Wildman–Crippen LogP) is 1.90. The van der Waals surface area contributed by atoms with Gasteiger partial charge in [0.2, 0.25) is 5.95 Å². The molecule has 2 aromatic rings. The second kappa shape index (κ2) is 4.66. The van der Waals surface area contributed by atoms with E-state index in [1.54, 1.807) is 13.2 Å². The van der Waals surface area contributed by atoms with Crippen LogP contribution < -0.4 is 10.9 Å². The molecule has 3 rings (SSSR count). The molecule has 0 saturated heterocycles. The van der Waals surface area contributed by atoms with Crippen molar-refractivity contribution in [2.24, 2.45) is 0 Å². The zero-order valence-electron chi connectivity index (χ0n) is 10.9. The minimum atomic E-state index is -0.117. The second-order valence-corrected chi connectivity index (χ2v) is 5.03. The van der Waals surface area contributed by atoms with E-state index < -0.39 is 0 Å². The summed E-state index contributed by atoms with van der Waals surface area (Å²) in [5.41, 5.74) is 0.492. The first-order valence-electron chi connectivity index (χ1n) is 6.51. The van der Waals surface area contributed by atoms with Gasteiger partial charge >= 0.3 is 0 Å². The standard InChI is InChI=1S/C14H17N3O2/c1-19-14(7-4-8-14)9-15-13-16-11-6-3-2-5-10(11)12(18)17-13/h2-3,5-6H,4,7-9H2,1H3,(H2,15,16,17,18). The van der Waals surface area contributed by atoms with Gasteiger partial charge in [-0.05, 0) is 31.4 Å². The van der Waals surface area contributed by atoms with Crippen LogP contribution in [0.1, 0.15) is 19.3 Å². The largest absolute Gasteiger partial charge is 0.376 e. The number of nitrogens with one attached hydrogen (secondary N) is 2. The highest BCUT2D eigenvalue weighted by Gasteiger charge is 2.36. The lowest BCUT2D eigenvalue weighted by Crippen LogP contribution is -2.45. The maximum Gasteiger partial charge on any atom is 0.260 e. The maximum atomic E-state index is 11.9. The molecule has 1 aromatic heterocycles. The summed E-state index contributed by atoms with van der Waals surface area (Å²) in [6, 6.07) is 7.32. The fourth-order valence-electron chi connectivity index (χ4n) is 2.44. The number of fused-ring (bicyclic) bond motifs is 1. The van der Waals surface area contributed by atoms with Crippen molar-refractivity contribution < 1.29 is 4.74 Å². The third kappa shape index (κ3) is 2.21. The fourth-order valence-corrected chi connectivity index (χ4v) is 2.44. The van der Waals surface area contributed by atoms with Gasteiger partial charge in [-0.3, -0.25) is 9.78 Å². The summed E-state index contributed by atoms with van der Waals surface area (Å²) in [4.78, 5) is 19.1. The number of methoxy groups -OCH3 is 1. The van der Waals surface area contributed by atoms with E-state index in [1.165, 1.54) is 6.42 Å². The Morgan fingerprint density at radius 3 is 2.89 bits per heavy atom. The maximum absolute atomic E-state index is 11.9. The molecule has 0 radical (unpaired) electrons. The van der Waals surface area contributed by atoms with Crippen LogP contribution in [0.2, 0.25) is 0 Å². The first kappa shape index (κ1) is 12.2. The monoisotopic (exact) mass is 259 g/mol. The number of para-hydroxylation sites is 1. The van der Waals surface area contributed by atoms with E-state index in [9.17, 15) is 4.79 Å². The van der Waals surface area contributed by atoms with Crippen molar-refractivity contribution in [3.05, 3.63) is 34.6 Å². The molecule has 0 aliphatic heterocycles. The summed E-state index contributed by atoms with van der Waals surface area (Å²) in [5.74, 6) is 0.507. The first-order chi connectivity index (χ1) is 9.22. The van der Waals surface area contributed by atoms with E-state index in [4.69, 9.17) is 4.74 Å². The molecule has 100 valence electrons. The van der Waals surface area contributed by atoms with E-state index >= 15 is 0 Å². The van der Waals surface area contributed by atoms with Crippen LogP contribution in [-0.4, -0.2) is 29.2 Å². The number of H-pyrrole nitrogens is 1. The molecule has 1 fully saturated rings. The van der Waals surface area contributed by atoms with Crippen LogP contribution >= 0.6 is 0 Å². The van der Waals surface area contributed by atoms with Crippen LogP contribution in [0, 0.1) is 0 Å². The van der Waals surface area contributed by atoms with E-state index in [1.807, 2.05) is 18.2 Å². The quantitative estimate of drug-likeness (QED) is 0.880. The SMILES string of the molecule is COC1(CNc2nc3ccccc3c(=O)[nH]2)CCC1. The van der Waals surface area contributed by atoms with Gasteiger partial charge in [0.05, 0.1) is 16.5 Å². The smallest absolute Gasteiger partial charge is 0.260 e. The number of ether oxygens (including phenoxy) is 1. The minimum Gasteiger partial charge on any atom is -0.376 e. The predicted molar refractivity (Wildman–Crippen MR) is 74.4 cm³/mol. The summed E-state index contributed by atoms with van der Waals surface area (Å²) < 4.78 is 5.53. The number of rotatable bonds is 4. The molecular weight excluding hydrogens is 242 g/mol. The van der Waals surface area contributed by atoms with E-state index in [-0.39, 0.29) is 11.2 Å². The summed E-state index contributed by atoms with van der Waals surface area (Å²) in [6.07, 6.45) is 3.29. The third-order valence-corrected chi connectivity index (χ3v) is 3.89. The number of benzene rings is 1. The molecule has 1 aliphatic rings. The van der Waals surface area contributed by atoms with Gasteiger partial charge in [0.15, 0.2) is 0 Å². The number of hydrogen-bond donors (Lipinski definition) is 2. The first-order valence-corrected chi connectivity index (χ1v) is 6.51. The minimum absolute atomic E-state index is 0.0930. The lowest BCUT2D eigenvalue weighted by molar-refractivity contribution is -0.0602. The van der Waals surface area contributed by atoms with Gasteiger partial charge in [0, 0.05) is 13.7 Å². The van der Waals surface area contributed by atoms with Crippen LogP contribution in [-0.2, 0) is 4.74 Å². The van der Waals surface area contributed by atoms with Crippen LogP contribution in [0.3, 0.4) is 0 Å². The summed E-state index contributed by atoms with van der Waals surface area (Å²) in [5, 5.41) is 3.79. The Kier molecular flexibility index (Phi) is 2.98. The number of nitrogens with zero attached hydrogens (tertiary/aromatic N) is 1. The Morgan fingerprint density at radius 2 is 2.21 bits per heavy atom. The molecule has 5 nitrogen and oxygen atoms in total. The highest BCUT2D eigenvalue weighted by atomic mass is 16.5. The molecule has 0 amide bonds. The van der Waals surface area contributed by atoms with Crippen molar-refractivity contribution in [1.29, 1.82) is 0 Å². The molecule has 0 atom stereocenters. The number of hydrogen-bond acceptors (Lipinski definition) is 4. The highest BCUT2D eigenvalue weighted by Crippen LogP contribution is 2.34. The van der Waals surface area contributed by atoms with Crippen molar-refractivity contribution in [3.8, 4) is 0 Å². The average molecular weight is 259 g/mol. The Bertz CT molecular complexity index is 641. The van der Waals surface area contributed by atoms with Gasteiger partial charge in [0.25, 0.3) is 5.56 Å². The van der Waals surface area contributed by atoms with Gasteiger partial charge in [-0.1, -0.05) is 12.1 Å². The van der Waals surface area contributed by atoms with Gasteiger partial charge in [-0.2, -0.15) is 0 Å². The highest BCUT2D eigenvalue weighted by molar-refractivity contribution is 5.78. The number of aromatic nitrogens is 2.